The number of amides is 1. The number of rotatable bonds is 4. The van der Waals surface area contributed by atoms with Crippen LogP contribution in [-0.2, 0) is 4.74 Å². The summed E-state index contributed by atoms with van der Waals surface area (Å²) in [5.74, 6) is -3.05. The number of aliphatic hydroxyl groups excluding tert-OH is 4. The molecule has 10 heteroatoms. The second-order valence-corrected chi connectivity index (χ2v) is 5.38. The van der Waals surface area contributed by atoms with E-state index in [9.17, 15) is 35.4 Å². The van der Waals surface area contributed by atoms with Gasteiger partial charge in [0.05, 0.1) is 12.2 Å². The quantitative estimate of drug-likeness (QED) is 0.191. The molecule has 10 nitrogen and oxygen atoms in total. The summed E-state index contributed by atoms with van der Waals surface area (Å²) in [5.41, 5.74) is 5.25. The van der Waals surface area contributed by atoms with Gasteiger partial charge in [-0.15, -0.1) is 0 Å². The molecule has 0 aromatic carbocycles. The average molecular weight is 324 g/mol. The zero-order valence-corrected chi connectivity index (χ0v) is 12.0. The number of carbonyl (C=O) groups is 1. The number of hydrogen-bond donors (Lipinski definition) is 8. The highest BCUT2D eigenvalue weighted by atomic mass is 16.6. The van der Waals surface area contributed by atoms with Crippen LogP contribution in [0.25, 0.3) is 0 Å². The summed E-state index contributed by atoms with van der Waals surface area (Å²) in [6, 6.07) is 0. The molecule has 0 saturated heterocycles. The average Bonchev–Trinajstić information content (AvgIpc) is 2.43. The lowest BCUT2D eigenvalue weighted by Crippen LogP contribution is -2.62. The third-order valence-electron chi connectivity index (χ3n) is 3.52. The predicted octanol–water partition coefficient (Wildman–Crippen LogP) is -3.65. The molecule has 0 bridgehead atoms. The molecule has 0 radical (unpaired) electrons. The molecule has 0 aromatic rings. The lowest BCUT2D eigenvalue weighted by molar-refractivity contribution is -0.306. The number of ether oxygens (including phenoxy) is 1. The van der Waals surface area contributed by atoms with Crippen molar-refractivity contribution in [3.8, 4) is 0 Å². The van der Waals surface area contributed by atoms with E-state index in [2.05, 4.69) is 5.32 Å². The van der Waals surface area contributed by atoms with Crippen molar-refractivity contribution in [1.29, 1.82) is 0 Å². The fraction of sp³-hybridized carbons (Fsp3) is 0.917. The summed E-state index contributed by atoms with van der Waals surface area (Å²) in [4.78, 5) is 11.6. The molecule has 0 aromatic heterocycles. The molecule has 22 heavy (non-hydrogen) atoms. The topological polar surface area (TPSA) is 186 Å². The summed E-state index contributed by atoms with van der Waals surface area (Å²) in [6.45, 7) is 0.534. The molecule has 1 saturated carbocycles. The van der Waals surface area contributed by atoms with Crippen molar-refractivity contribution in [3.05, 3.63) is 0 Å². The minimum absolute atomic E-state index is 0.197. The first-order valence-electron chi connectivity index (χ1n) is 7.01. The minimum Gasteiger partial charge on any atom is -0.440 e. The maximum Gasteiger partial charge on any atom is 0.407 e. The number of nitrogens with two attached hydrogens (primary N) is 1. The highest BCUT2D eigenvalue weighted by Crippen LogP contribution is 2.27. The van der Waals surface area contributed by atoms with Crippen LogP contribution < -0.4 is 11.1 Å². The second-order valence-electron chi connectivity index (χ2n) is 5.38. The van der Waals surface area contributed by atoms with Crippen LogP contribution >= 0.6 is 0 Å². The number of aliphatic hydroxyl groups is 6. The third kappa shape index (κ3) is 4.74. The van der Waals surface area contributed by atoms with Crippen molar-refractivity contribution in [1.82, 2.24) is 5.32 Å². The van der Waals surface area contributed by atoms with Gasteiger partial charge in [0.1, 0.15) is 12.2 Å². The van der Waals surface area contributed by atoms with Crippen LogP contribution in [0.1, 0.15) is 19.3 Å². The maximum absolute atomic E-state index is 11.6. The second kappa shape index (κ2) is 8.02. The molecule has 130 valence electrons. The molecule has 1 rings (SSSR count). The van der Waals surface area contributed by atoms with Crippen molar-refractivity contribution in [2.75, 3.05) is 13.1 Å². The number of nitrogens with one attached hydrogen (secondary N) is 1. The van der Waals surface area contributed by atoms with Crippen LogP contribution in [0.15, 0.2) is 0 Å². The first kappa shape index (κ1) is 19.0. The molecule has 0 aliphatic heterocycles. The van der Waals surface area contributed by atoms with Crippen LogP contribution in [0.4, 0.5) is 4.79 Å². The smallest absolute Gasteiger partial charge is 0.407 e. The molecule has 1 aliphatic carbocycles. The van der Waals surface area contributed by atoms with Gasteiger partial charge in [-0.25, -0.2) is 4.79 Å². The van der Waals surface area contributed by atoms with Crippen molar-refractivity contribution in [2.24, 2.45) is 5.73 Å². The highest BCUT2D eigenvalue weighted by Gasteiger charge is 2.51. The van der Waals surface area contributed by atoms with Crippen LogP contribution in [0.2, 0.25) is 0 Å². The number of carbonyl (C=O) groups excluding carboxylic acids is 1. The van der Waals surface area contributed by atoms with E-state index in [-0.39, 0.29) is 13.0 Å². The van der Waals surface area contributed by atoms with E-state index in [1.54, 1.807) is 0 Å². The van der Waals surface area contributed by atoms with E-state index >= 15 is 0 Å². The van der Waals surface area contributed by atoms with Gasteiger partial charge in [0, 0.05) is 19.4 Å². The van der Waals surface area contributed by atoms with Gasteiger partial charge in [-0.3, -0.25) is 0 Å². The fourth-order valence-corrected chi connectivity index (χ4v) is 2.19. The number of hydrogen-bond acceptors (Lipinski definition) is 9. The highest BCUT2D eigenvalue weighted by molar-refractivity contribution is 5.67. The summed E-state index contributed by atoms with van der Waals surface area (Å²) in [6.07, 6.45) is -9.89. The largest absolute Gasteiger partial charge is 0.440 e. The van der Waals surface area contributed by atoms with Gasteiger partial charge in [0.2, 0.25) is 5.79 Å². The molecular formula is C12H24N2O8. The van der Waals surface area contributed by atoms with E-state index in [4.69, 9.17) is 10.5 Å². The SMILES string of the molecule is NCCCNC(=O)OC1C(O)CC(O)CC(O)C(O)(O)C1O. The third-order valence-corrected chi connectivity index (χ3v) is 3.52. The standard InChI is InChI=1S/C12H24N2O8/c13-2-1-3-14-11(19)22-9-7(16)4-6(15)5-8(17)12(20,21)10(9)18/h6-10,15-18,20-21H,1-5,13H2,(H,14,19). The first-order chi connectivity index (χ1) is 10.2. The Morgan fingerprint density at radius 1 is 1.23 bits per heavy atom. The zero-order chi connectivity index (χ0) is 16.9. The van der Waals surface area contributed by atoms with E-state index < -0.39 is 48.8 Å². The van der Waals surface area contributed by atoms with Gasteiger partial charge in [0.15, 0.2) is 6.10 Å². The monoisotopic (exact) mass is 324 g/mol. The summed E-state index contributed by atoms with van der Waals surface area (Å²) < 4.78 is 4.80. The molecule has 1 aliphatic rings. The van der Waals surface area contributed by atoms with Gasteiger partial charge in [-0.05, 0) is 13.0 Å². The summed E-state index contributed by atoms with van der Waals surface area (Å²) in [7, 11) is 0. The molecule has 1 amide bonds. The van der Waals surface area contributed by atoms with Crippen LogP contribution in [0.3, 0.4) is 0 Å². The Balaban J connectivity index is 2.80. The Kier molecular flexibility index (Phi) is 6.94. The molecule has 0 heterocycles. The van der Waals surface area contributed by atoms with Crippen molar-refractivity contribution >= 4 is 6.09 Å². The van der Waals surface area contributed by atoms with E-state index in [0.29, 0.717) is 13.0 Å². The molecule has 5 unspecified atom stereocenters. The fourth-order valence-electron chi connectivity index (χ4n) is 2.19. The van der Waals surface area contributed by atoms with Gasteiger partial charge < -0.3 is 46.4 Å². The zero-order valence-electron chi connectivity index (χ0n) is 12.0. The van der Waals surface area contributed by atoms with E-state index in [1.807, 2.05) is 0 Å². The lowest BCUT2D eigenvalue weighted by atomic mass is 9.86. The summed E-state index contributed by atoms with van der Waals surface area (Å²) >= 11 is 0. The predicted molar refractivity (Wildman–Crippen MR) is 72.4 cm³/mol. The van der Waals surface area contributed by atoms with Gasteiger partial charge in [-0.2, -0.15) is 0 Å². The molecule has 1 fully saturated rings. The van der Waals surface area contributed by atoms with E-state index in [1.165, 1.54) is 0 Å². The maximum atomic E-state index is 11.6. The Bertz CT molecular complexity index is 367. The normalized spacial score (nSPS) is 35.3. The van der Waals surface area contributed by atoms with Gasteiger partial charge in [0.25, 0.3) is 0 Å². The van der Waals surface area contributed by atoms with Crippen molar-refractivity contribution in [2.45, 2.75) is 55.6 Å². The number of alkyl carbamates (subject to hydrolysis) is 1. The van der Waals surface area contributed by atoms with Crippen LogP contribution in [0, 0.1) is 0 Å². The Labute approximate surface area is 127 Å². The Hall–Kier alpha value is -1.01. The molecule has 5 atom stereocenters. The van der Waals surface area contributed by atoms with Crippen LogP contribution in [0.5, 0.6) is 0 Å². The molecule has 9 N–H and O–H groups in total. The minimum atomic E-state index is -3.05. The van der Waals surface area contributed by atoms with Gasteiger partial charge >= 0.3 is 6.09 Å². The van der Waals surface area contributed by atoms with Crippen molar-refractivity contribution in [3.63, 3.8) is 0 Å². The van der Waals surface area contributed by atoms with E-state index in [0.717, 1.165) is 0 Å². The Morgan fingerprint density at radius 3 is 2.45 bits per heavy atom. The molecular weight excluding hydrogens is 300 g/mol. The van der Waals surface area contributed by atoms with Crippen molar-refractivity contribution < 1.29 is 40.2 Å². The first-order valence-corrected chi connectivity index (χ1v) is 7.01. The lowest BCUT2D eigenvalue weighted by Gasteiger charge is -2.40. The Morgan fingerprint density at radius 2 is 1.86 bits per heavy atom. The van der Waals surface area contributed by atoms with Crippen LogP contribution in [-0.4, -0.2) is 86.1 Å². The molecule has 0 spiro atoms. The van der Waals surface area contributed by atoms with Gasteiger partial charge in [-0.1, -0.05) is 0 Å². The summed E-state index contributed by atoms with van der Waals surface area (Å²) in [5, 5.41) is 60.9.